The summed E-state index contributed by atoms with van der Waals surface area (Å²) in [5, 5.41) is 10.6. The quantitative estimate of drug-likeness (QED) is 0.663. The minimum atomic E-state index is -0.688. The topological polar surface area (TPSA) is 37.3 Å². The Morgan fingerprint density at radius 3 is 2.78 bits per heavy atom. The molecule has 18 heavy (non-hydrogen) atoms. The molecule has 0 heterocycles. The molecule has 1 N–H and O–H groups in total. The molecular weight excluding hydrogens is 223 g/mol. The molecule has 2 bridgehead atoms. The molecule has 3 heteroatoms. The van der Waals surface area contributed by atoms with Crippen LogP contribution in [0.15, 0.2) is 12.2 Å². The molecule has 0 saturated heterocycles. The van der Waals surface area contributed by atoms with Gasteiger partial charge in [-0.2, -0.15) is 0 Å². The number of ketones is 1. The van der Waals surface area contributed by atoms with Crippen LogP contribution in [0.5, 0.6) is 0 Å². The van der Waals surface area contributed by atoms with Gasteiger partial charge in [-0.15, -0.1) is 0 Å². The first-order valence-corrected chi connectivity index (χ1v) is 6.99. The van der Waals surface area contributed by atoms with Gasteiger partial charge in [0.1, 0.15) is 0 Å². The van der Waals surface area contributed by atoms with Crippen LogP contribution >= 0.6 is 0 Å². The summed E-state index contributed by atoms with van der Waals surface area (Å²) in [5.41, 5.74) is -0.691. The number of hydrogen-bond donors (Lipinski definition) is 1. The van der Waals surface area contributed by atoms with Crippen LogP contribution in [0, 0.1) is 29.1 Å². The summed E-state index contributed by atoms with van der Waals surface area (Å²) < 4.78 is 0. The highest BCUT2D eigenvalue weighted by Crippen LogP contribution is 2.66. The fourth-order valence-corrected chi connectivity index (χ4v) is 5.20. The molecule has 2 nitrogen and oxygen atoms in total. The van der Waals surface area contributed by atoms with Gasteiger partial charge in [0.25, 0.3) is 0 Å². The van der Waals surface area contributed by atoms with E-state index in [2.05, 4.69) is 13.0 Å². The molecule has 0 amide bonds. The van der Waals surface area contributed by atoms with Crippen molar-refractivity contribution in [3.8, 4) is 0 Å². The molecule has 1 spiro atoms. The van der Waals surface area contributed by atoms with Crippen LogP contribution in [0.3, 0.4) is 0 Å². The van der Waals surface area contributed by atoms with Gasteiger partial charge >= 0.3 is 0 Å². The van der Waals surface area contributed by atoms with Gasteiger partial charge in [-0.25, -0.2) is 0 Å². The SMILES string of the molecule is [B][C@@H]1C(C)C2[C@H](C)C(=O)C=CC23CC1C(C)(O)C3. The molecule has 0 aliphatic heterocycles. The number of rotatable bonds is 0. The highest BCUT2D eigenvalue weighted by atomic mass is 16.3. The molecule has 3 aliphatic rings. The number of hydrogen-bond acceptors (Lipinski definition) is 2. The summed E-state index contributed by atoms with van der Waals surface area (Å²) in [6.45, 7) is 6.09. The highest BCUT2D eigenvalue weighted by molar-refractivity contribution is 6.12. The Morgan fingerprint density at radius 2 is 2.11 bits per heavy atom. The Morgan fingerprint density at radius 1 is 1.44 bits per heavy atom. The predicted molar refractivity (Wildman–Crippen MR) is 71.2 cm³/mol. The largest absolute Gasteiger partial charge is 0.390 e. The Bertz CT molecular complexity index is 428. The van der Waals surface area contributed by atoms with Gasteiger partial charge in [-0.05, 0) is 49.0 Å². The first kappa shape index (κ1) is 12.5. The van der Waals surface area contributed by atoms with E-state index in [1.54, 1.807) is 6.08 Å². The number of carbonyl (C=O) groups is 1. The Balaban J connectivity index is 2.12. The monoisotopic (exact) mass is 244 g/mol. The van der Waals surface area contributed by atoms with Crippen LogP contribution in [-0.2, 0) is 4.79 Å². The van der Waals surface area contributed by atoms with Crippen LogP contribution in [0.2, 0.25) is 5.82 Å². The van der Waals surface area contributed by atoms with Crippen molar-refractivity contribution < 1.29 is 9.90 Å². The molecule has 2 fully saturated rings. The molecule has 7 atom stereocenters. The number of carbonyl (C=O) groups excluding carboxylic acids is 1. The average molecular weight is 244 g/mol. The fourth-order valence-electron chi connectivity index (χ4n) is 5.20. The predicted octanol–water partition coefficient (Wildman–Crippen LogP) is 2.13. The molecule has 3 aliphatic carbocycles. The standard InChI is InChI=1S/C15H21BO2/c1-8-11(17)4-5-15-6-10(14(3,18)7-15)13(16)9(2)12(8)15/h4-5,8-10,12-13,18H,6-7H2,1-3H3/t8-,9?,10?,12?,13-,14?,15?/m1/s1. The summed E-state index contributed by atoms with van der Waals surface area (Å²) in [4.78, 5) is 11.9. The molecule has 0 aromatic heterocycles. The average Bonchev–Trinajstić information content (AvgIpc) is 2.52. The smallest absolute Gasteiger partial charge is 0.158 e. The summed E-state index contributed by atoms with van der Waals surface area (Å²) in [5.74, 6) is 0.994. The molecular formula is C15H21BO2. The van der Waals surface area contributed by atoms with Gasteiger partial charge in [0.05, 0.1) is 13.4 Å². The lowest BCUT2D eigenvalue weighted by Gasteiger charge is -2.50. The molecule has 2 saturated carbocycles. The molecule has 2 radical (unpaired) electrons. The molecule has 0 aromatic carbocycles. The maximum absolute atomic E-state index is 11.9. The third-order valence-corrected chi connectivity index (χ3v) is 5.95. The molecule has 5 unspecified atom stereocenters. The summed E-state index contributed by atoms with van der Waals surface area (Å²) in [7, 11) is 6.35. The van der Waals surface area contributed by atoms with Crippen molar-refractivity contribution in [1.82, 2.24) is 0 Å². The second-order valence-corrected chi connectivity index (χ2v) is 7.06. The van der Waals surface area contributed by atoms with Crippen molar-refractivity contribution in [2.75, 3.05) is 0 Å². The lowest BCUT2D eigenvalue weighted by Crippen LogP contribution is -2.46. The zero-order chi connectivity index (χ0) is 13.3. The van der Waals surface area contributed by atoms with Crippen LogP contribution < -0.4 is 0 Å². The normalized spacial score (nSPS) is 58.7. The van der Waals surface area contributed by atoms with Gasteiger partial charge in [-0.1, -0.05) is 25.7 Å². The summed E-state index contributed by atoms with van der Waals surface area (Å²) in [6, 6.07) is 0. The van der Waals surface area contributed by atoms with Gasteiger partial charge in [0.2, 0.25) is 0 Å². The Labute approximate surface area is 110 Å². The fraction of sp³-hybridized carbons (Fsp3) is 0.800. The van der Waals surface area contributed by atoms with E-state index in [9.17, 15) is 9.90 Å². The zero-order valence-electron chi connectivity index (χ0n) is 11.4. The molecule has 3 rings (SSSR count). The molecule has 96 valence electrons. The van der Waals surface area contributed by atoms with Crippen molar-refractivity contribution in [3.63, 3.8) is 0 Å². The van der Waals surface area contributed by atoms with Crippen molar-refractivity contribution in [1.29, 1.82) is 0 Å². The van der Waals surface area contributed by atoms with E-state index in [0.717, 1.165) is 12.8 Å². The lowest BCUT2D eigenvalue weighted by atomic mass is 9.49. The van der Waals surface area contributed by atoms with Gasteiger partial charge in [0, 0.05) is 5.92 Å². The maximum Gasteiger partial charge on any atom is 0.158 e. The zero-order valence-corrected chi connectivity index (χ0v) is 11.4. The van der Waals surface area contributed by atoms with E-state index in [1.165, 1.54) is 0 Å². The van der Waals surface area contributed by atoms with Crippen LogP contribution in [0.1, 0.15) is 33.6 Å². The van der Waals surface area contributed by atoms with E-state index in [4.69, 9.17) is 7.85 Å². The van der Waals surface area contributed by atoms with Crippen LogP contribution in [0.4, 0.5) is 0 Å². The minimum absolute atomic E-state index is 0.00220. The maximum atomic E-state index is 11.9. The van der Waals surface area contributed by atoms with E-state index >= 15 is 0 Å². The Kier molecular flexibility index (Phi) is 2.43. The van der Waals surface area contributed by atoms with Gasteiger partial charge in [-0.3, -0.25) is 4.79 Å². The molecule has 0 aromatic rings. The highest BCUT2D eigenvalue weighted by Gasteiger charge is 2.63. The van der Waals surface area contributed by atoms with E-state index in [0.29, 0.717) is 5.92 Å². The number of fused-ring (bicyclic) bond motifs is 1. The first-order valence-electron chi connectivity index (χ1n) is 6.99. The van der Waals surface area contributed by atoms with E-state index < -0.39 is 5.60 Å². The first-order chi connectivity index (χ1) is 8.28. The van der Waals surface area contributed by atoms with Gasteiger partial charge in [0.15, 0.2) is 5.78 Å². The third kappa shape index (κ3) is 1.37. The lowest BCUT2D eigenvalue weighted by molar-refractivity contribution is -0.123. The van der Waals surface area contributed by atoms with Crippen LogP contribution in [0.25, 0.3) is 0 Å². The van der Waals surface area contributed by atoms with Crippen molar-refractivity contribution in [2.45, 2.75) is 45.0 Å². The minimum Gasteiger partial charge on any atom is -0.390 e. The summed E-state index contributed by atoms with van der Waals surface area (Å²) >= 11 is 0. The van der Waals surface area contributed by atoms with Crippen molar-refractivity contribution in [3.05, 3.63) is 12.2 Å². The van der Waals surface area contributed by atoms with Crippen LogP contribution in [-0.4, -0.2) is 24.3 Å². The number of aliphatic hydroxyl groups is 1. The second-order valence-electron chi connectivity index (χ2n) is 7.06. The Hall–Kier alpha value is -0.565. The van der Waals surface area contributed by atoms with Crippen molar-refractivity contribution >= 4 is 13.6 Å². The third-order valence-electron chi connectivity index (χ3n) is 5.95. The van der Waals surface area contributed by atoms with E-state index in [1.807, 2.05) is 13.8 Å². The van der Waals surface area contributed by atoms with E-state index in [-0.39, 0.29) is 34.8 Å². The van der Waals surface area contributed by atoms with Crippen molar-refractivity contribution in [2.24, 2.45) is 29.1 Å². The number of allylic oxidation sites excluding steroid dienone is 2. The summed E-state index contributed by atoms with van der Waals surface area (Å²) in [6.07, 6.45) is 5.51. The second kappa shape index (κ2) is 3.50. The van der Waals surface area contributed by atoms with Gasteiger partial charge < -0.3 is 5.11 Å².